The molecule has 2 unspecified atom stereocenters. The SMILES string of the molecule is CC(C)[Si](C(=C(OCC(O)CO)OC(OCC(O)CO)=C([Si](C(C)C)(C(C)C)C(C)C)[Si](C(C)C)(C(C)C)C(C)C)[Si](C(C)C)(C(C)C)C(C)C)(C(C)C)C(C)C. The Balaban J connectivity index is 10.3. The molecule has 0 amide bonds. The molecular weight excluding hydrogens is 777 g/mol. The Labute approximate surface area is 358 Å². The Bertz CT molecular complexity index is 1000. The van der Waals surface area contributed by atoms with Crippen LogP contribution in [0.3, 0.4) is 0 Å². The van der Waals surface area contributed by atoms with E-state index in [-0.39, 0.29) is 13.2 Å². The minimum atomic E-state index is -2.60. The van der Waals surface area contributed by atoms with E-state index < -0.39 is 57.7 Å². The summed E-state index contributed by atoms with van der Waals surface area (Å²) in [6.07, 6.45) is -2.19. The Kier molecular flexibility index (Phi) is 23.0. The van der Waals surface area contributed by atoms with Crippen molar-refractivity contribution in [2.75, 3.05) is 26.4 Å². The lowest BCUT2D eigenvalue weighted by molar-refractivity contribution is -0.0555. The molecule has 0 aliphatic heterocycles. The molecule has 0 fully saturated rings. The molecule has 11 heteroatoms. The van der Waals surface area contributed by atoms with Gasteiger partial charge in [-0.05, 0) is 76.1 Å². The van der Waals surface area contributed by atoms with Crippen LogP contribution in [0, 0.1) is 0 Å². The highest BCUT2D eigenvalue weighted by Gasteiger charge is 2.62. The number of hydrogen-bond acceptors (Lipinski definition) is 7. The van der Waals surface area contributed by atoms with Gasteiger partial charge in [-0.25, -0.2) is 0 Å². The smallest absolute Gasteiger partial charge is 0.278 e. The van der Waals surface area contributed by atoms with Crippen molar-refractivity contribution >= 4 is 32.3 Å². The fourth-order valence-corrected chi connectivity index (χ4v) is 55.0. The van der Waals surface area contributed by atoms with E-state index in [4.69, 9.17) is 14.2 Å². The quantitative estimate of drug-likeness (QED) is 0.0506. The minimum absolute atomic E-state index is 0.114. The van der Waals surface area contributed by atoms with Crippen LogP contribution in [0.1, 0.15) is 166 Å². The Hall–Kier alpha value is -0.412. The average Bonchev–Trinajstić information content (AvgIpc) is 3.05. The average molecular weight is 876 g/mol. The fourth-order valence-electron chi connectivity index (χ4n) is 13.8. The van der Waals surface area contributed by atoms with Gasteiger partial charge in [0.2, 0.25) is 0 Å². The maximum Gasteiger partial charge on any atom is 0.278 e. The summed E-state index contributed by atoms with van der Waals surface area (Å²) in [6, 6.07) is 0. The van der Waals surface area contributed by atoms with Crippen LogP contribution in [0.4, 0.5) is 0 Å². The van der Waals surface area contributed by atoms with Gasteiger partial charge in [0.15, 0.2) is 0 Å². The normalized spacial score (nSPS) is 14.9. The summed E-state index contributed by atoms with van der Waals surface area (Å²) in [7, 11) is -10.4. The van der Waals surface area contributed by atoms with Crippen molar-refractivity contribution in [3.63, 3.8) is 0 Å². The zero-order valence-corrected chi connectivity index (χ0v) is 45.9. The number of hydrogen-bond donors (Lipinski definition) is 4. The zero-order chi connectivity index (χ0) is 45.3. The Morgan fingerprint density at radius 2 is 0.491 bits per heavy atom. The molecule has 0 aromatic carbocycles. The van der Waals surface area contributed by atoms with E-state index in [0.717, 1.165) is 0 Å². The summed E-state index contributed by atoms with van der Waals surface area (Å²) >= 11 is 0. The molecule has 57 heavy (non-hydrogen) atoms. The maximum absolute atomic E-state index is 11.1. The summed E-state index contributed by atoms with van der Waals surface area (Å²) in [6.45, 7) is 56.7. The zero-order valence-electron chi connectivity index (χ0n) is 41.9. The van der Waals surface area contributed by atoms with Gasteiger partial charge in [-0.2, -0.15) is 0 Å². The van der Waals surface area contributed by atoms with Gasteiger partial charge in [-0.3, -0.25) is 0 Å². The third kappa shape index (κ3) is 10.8. The summed E-state index contributed by atoms with van der Waals surface area (Å²) < 4.78 is 22.0. The second-order valence-corrected chi connectivity index (χ2v) is 45.6. The Morgan fingerprint density at radius 1 is 0.333 bits per heavy atom. The number of ether oxygens (including phenoxy) is 3. The molecule has 340 valence electrons. The summed E-state index contributed by atoms with van der Waals surface area (Å²) in [5.74, 6) is 0.967. The number of aliphatic hydroxyl groups excluding tert-OH is 4. The van der Waals surface area contributed by atoms with Gasteiger partial charge in [-0.1, -0.05) is 166 Å². The van der Waals surface area contributed by atoms with Crippen LogP contribution in [0.5, 0.6) is 0 Å². The molecular formula is C46H98O7Si4. The van der Waals surface area contributed by atoms with E-state index in [1.165, 1.54) is 9.64 Å². The highest BCUT2D eigenvalue weighted by Crippen LogP contribution is 2.61. The third-order valence-electron chi connectivity index (χ3n) is 15.0. The molecule has 7 nitrogen and oxygen atoms in total. The summed E-state index contributed by atoms with van der Waals surface area (Å²) in [4.78, 5) is 2.78. The van der Waals surface area contributed by atoms with Gasteiger partial charge in [0.1, 0.15) is 25.4 Å². The van der Waals surface area contributed by atoms with Gasteiger partial charge in [-0.15, -0.1) is 0 Å². The largest absolute Gasteiger partial charge is 0.463 e. The van der Waals surface area contributed by atoms with Crippen molar-refractivity contribution in [1.82, 2.24) is 0 Å². The molecule has 0 aliphatic carbocycles. The molecule has 0 saturated carbocycles. The molecule has 0 saturated heterocycles. The van der Waals surface area contributed by atoms with Crippen molar-refractivity contribution in [2.45, 2.75) is 245 Å². The molecule has 4 N–H and O–H groups in total. The van der Waals surface area contributed by atoms with E-state index in [0.29, 0.717) is 78.4 Å². The first-order valence-electron chi connectivity index (χ1n) is 23.0. The van der Waals surface area contributed by atoms with Gasteiger partial charge >= 0.3 is 0 Å². The van der Waals surface area contributed by atoms with Crippen LogP contribution in [-0.4, -0.2) is 91.4 Å². The van der Waals surface area contributed by atoms with Gasteiger partial charge < -0.3 is 34.6 Å². The summed E-state index contributed by atoms with van der Waals surface area (Å²) in [5, 5.41) is 42.6. The molecule has 0 bridgehead atoms. The minimum Gasteiger partial charge on any atom is -0.463 e. The molecule has 0 aromatic rings. The molecule has 0 aromatic heterocycles. The first-order chi connectivity index (χ1) is 26.0. The van der Waals surface area contributed by atoms with Crippen LogP contribution < -0.4 is 0 Å². The van der Waals surface area contributed by atoms with E-state index in [2.05, 4.69) is 166 Å². The predicted octanol–water partition coefficient (Wildman–Crippen LogP) is 13.0. The maximum atomic E-state index is 11.1. The number of aliphatic hydroxyl groups is 4. The van der Waals surface area contributed by atoms with Crippen molar-refractivity contribution in [1.29, 1.82) is 0 Å². The first-order valence-corrected chi connectivity index (χ1v) is 31.9. The van der Waals surface area contributed by atoms with Crippen LogP contribution >= 0.6 is 0 Å². The van der Waals surface area contributed by atoms with Crippen LogP contribution in [0.25, 0.3) is 0 Å². The van der Waals surface area contributed by atoms with Crippen molar-refractivity contribution in [2.24, 2.45) is 0 Å². The highest BCUT2D eigenvalue weighted by molar-refractivity contribution is 7.11. The molecule has 0 aliphatic rings. The third-order valence-corrected chi connectivity index (χ3v) is 47.4. The van der Waals surface area contributed by atoms with Crippen LogP contribution in [0.2, 0.25) is 66.5 Å². The van der Waals surface area contributed by atoms with Crippen molar-refractivity contribution in [3.8, 4) is 0 Å². The fraction of sp³-hybridized carbons (Fsp3) is 0.913. The molecule has 0 heterocycles. The van der Waals surface area contributed by atoms with Crippen LogP contribution in [-0.2, 0) is 14.2 Å². The lowest BCUT2D eigenvalue weighted by Crippen LogP contribution is -2.62. The topological polar surface area (TPSA) is 109 Å². The van der Waals surface area contributed by atoms with E-state index >= 15 is 0 Å². The Morgan fingerprint density at radius 3 is 0.614 bits per heavy atom. The van der Waals surface area contributed by atoms with E-state index in [1.54, 1.807) is 0 Å². The van der Waals surface area contributed by atoms with Gasteiger partial charge in [0, 0.05) is 0 Å². The monoisotopic (exact) mass is 875 g/mol. The van der Waals surface area contributed by atoms with E-state index in [1.807, 2.05) is 0 Å². The second-order valence-electron chi connectivity index (χ2n) is 21.3. The lowest BCUT2D eigenvalue weighted by atomic mass is 10.4. The highest BCUT2D eigenvalue weighted by atomic mass is 28.4. The van der Waals surface area contributed by atoms with Crippen molar-refractivity contribution < 1.29 is 34.6 Å². The lowest BCUT2D eigenvalue weighted by Gasteiger charge is -2.57. The first kappa shape index (κ1) is 56.6. The van der Waals surface area contributed by atoms with Crippen LogP contribution in [0.15, 0.2) is 21.5 Å². The standard InChI is InChI=1S/C46H98O7Si4/c1-29(2)54(30(3)4,31(5)6)45(55(32(7)8,33(9)10)34(11)12)43(51-27-41(49)25-47)53-44(52-28-42(50)26-48)46(56(35(13)14,36(15)16)37(17)18)57(38(19)20,39(21)22)40(23)24/h29-42,47-50H,25-28H2,1-24H3. The molecule has 0 radical (unpaired) electrons. The summed E-state index contributed by atoms with van der Waals surface area (Å²) in [5.41, 5.74) is 4.12. The van der Waals surface area contributed by atoms with E-state index in [9.17, 15) is 20.4 Å². The number of rotatable bonds is 26. The van der Waals surface area contributed by atoms with Gasteiger partial charge in [0.25, 0.3) is 11.9 Å². The van der Waals surface area contributed by atoms with Gasteiger partial charge in [0.05, 0.1) is 45.5 Å². The second kappa shape index (κ2) is 23.2. The molecule has 2 atom stereocenters. The molecule has 0 rings (SSSR count). The predicted molar refractivity (Wildman–Crippen MR) is 257 cm³/mol. The molecule has 0 spiro atoms. The van der Waals surface area contributed by atoms with Crippen molar-refractivity contribution in [3.05, 3.63) is 21.5 Å².